The van der Waals surface area contributed by atoms with Crippen LogP contribution in [-0.4, -0.2) is 33.5 Å². The number of carboxylic acid groups (broad SMARTS) is 1. The Morgan fingerprint density at radius 2 is 1.66 bits per heavy atom. The first-order valence-electron chi connectivity index (χ1n) is 11.7. The number of aliphatic hydroxyl groups excluding tert-OH is 2. The second-order valence-electron chi connectivity index (χ2n) is 11.4. The molecule has 1 radical (unpaired) electrons. The topological polar surface area (TPSA) is 77.8 Å². The molecule has 0 aliphatic heterocycles. The second kappa shape index (κ2) is 8.45. The van der Waals surface area contributed by atoms with Crippen LogP contribution in [0, 0.1) is 46.3 Å². The van der Waals surface area contributed by atoms with Gasteiger partial charge in [-0.2, -0.15) is 0 Å². The van der Waals surface area contributed by atoms with E-state index < -0.39 is 5.97 Å². The fourth-order valence-electron chi connectivity index (χ4n) is 8.73. The Labute approximate surface area is 186 Å². The molecule has 4 saturated carbocycles. The fraction of sp³-hybridized carbons (Fsp3) is 0.958. The Bertz CT molecular complexity index is 612. The van der Waals surface area contributed by atoms with E-state index in [1.807, 2.05) is 0 Å². The molecule has 4 rings (SSSR count). The van der Waals surface area contributed by atoms with Crippen molar-refractivity contribution in [1.29, 1.82) is 0 Å². The van der Waals surface area contributed by atoms with Crippen molar-refractivity contribution < 1.29 is 37.2 Å². The number of carboxylic acids is 1. The average Bonchev–Trinajstić information content (AvgIpc) is 2.98. The maximum atomic E-state index is 11.2. The van der Waals surface area contributed by atoms with E-state index in [1.165, 1.54) is 25.7 Å². The average molecular weight is 448 g/mol. The van der Waals surface area contributed by atoms with Gasteiger partial charge in [0.2, 0.25) is 0 Å². The normalized spacial score (nSPS) is 49.9. The van der Waals surface area contributed by atoms with Gasteiger partial charge in [-0.15, -0.1) is 0 Å². The summed E-state index contributed by atoms with van der Waals surface area (Å²) in [6.07, 6.45) is 9.19. The van der Waals surface area contributed by atoms with Crippen molar-refractivity contribution in [3.63, 3.8) is 0 Å². The van der Waals surface area contributed by atoms with E-state index in [2.05, 4.69) is 20.8 Å². The molecule has 4 nitrogen and oxygen atoms in total. The third-order valence-electron chi connectivity index (χ3n) is 10.2. The summed E-state index contributed by atoms with van der Waals surface area (Å²) in [5, 5.41) is 30.5. The van der Waals surface area contributed by atoms with Crippen molar-refractivity contribution in [3.8, 4) is 0 Å². The molecule has 0 aromatic heterocycles. The summed E-state index contributed by atoms with van der Waals surface area (Å²) in [6, 6.07) is 0. The van der Waals surface area contributed by atoms with E-state index in [9.17, 15) is 15.0 Å². The maximum absolute atomic E-state index is 11.2. The van der Waals surface area contributed by atoms with Gasteiger partial charge in [0, 0.05) is 6.42 Å². The minimum atomic E-state index is -0.684. The molecule has 10 atom stereocenters. The molecule has 29 heavy (non-hydrogen) atoms. The molecule has 0 bridgehead atoms. The third kappa shape index (κ3) is 3.83. The summed E-state index contributed by atoms with van der Waals surface area (Å²) in [5.74, 6) is 2.36. The van der Waals surface area contributed by atoms with Crippen molar-refractivity contribution in [1.82, 2.24) is 0 Å². The molecule has 0 spiro atoms. The van der Waals surface area contributed by atoms with Crippen molar-refractivity contribution >= 4 is 5.97 Å². The standard InChI is InChI=1S/C24H40O4.Mn/c1-14(4-7-21(27)28)17-5-6-18-22-19(9-11-24(17,18)3)23(2)10-8-16(25)12-15(23)13-20(22)26;/h14-20,22,25-26H,4-13H2,1-3H3,(H,27,28);/q;+2/t14-,15+,16-,17-,18+,19?,20-,22+,23+,24-;/m1./s1. The molecule has 4 aliphatic rings. The summed E-state index contributed by atoms with van der Waals surface area (Å²) in [5.41, 5.74) is 0.523. The van der Waals surface area contributed by atoms with Crippen LogP contribution in [0.5, 0.6) is 0 Å². The van der Waals surface area contributed by atoms with Gasteiger partial charge >= 0.3 is 23.0 Å². The number of fused-ring (bicyclic) bond motifs is 5. The number of aliphatic carboxylic acids is 1. The monoisotopic (exact) mass is 447 g/mol. The van der Waals surface area contributed by atoms with Gasteiger partial charge in [-0.05, 0) is 104 Å². The van der Waals surface area contributed by atoms with Crippen LogP contribution in [0.2, 0.25) is 0 Å². The van der Waals surface area contributed by atoms with Crippen molar-refractivity contribution in [2.24, 2.45) is 46.3 Å². The first kappa shape index (κ1) is 23.6. The molecule has 4 aliphatic carbocycles. The molecule has 0 heterocycles. The van der Waals surface area contributed by atoms with Gasteiger partial charge in [0.25, 0.3) is 0 Å². The van der Waals surface area contributed by atoms with Gasteiger partial charge in [0.15, 0.2) is 0 Å². The Morgan fingerprint density at radius 3 is 2.34 bits per heavy atom. The van der Waals surface area contributed by atoms with E-state index in [-0.39, 0.29) is 46.5 Å². The molecule has 0 aromatic carbocycles. The van der Waals surface area contributed by atoms with Crippen LogP contribution in [0.1, 0.15) is 85.0 Å². The van der Waals surface area contributed by atoms with Gasteiger partial charge in [0.05, 0.1) is 12.2 Å². The SMILES string of the molecule is C[C@H](CCC(=O)O)[C@H]1CC[C@H]2[C@H]3C(CC[C@]12C)[C@@]1(C)CC[C@@H](O)C[C@H]1C[C@H]3O.[Mn+2]. The zero-order chi connectivity index (χ0) is 20.3. The Balaban J connectivity index is 0.00000240. The van der Waals surface area contributed by atoms with E-state index in [0.717, 1.165) is 32.1 Å². The van der Waals surface area contributed by atoms with Crippen molar-refractivity contribution in [2.75, 3.05) is 0 Å². The molecule has 0 amide bonds. The number of aliphatic hydroxyl groups is 2. The van der Waals surface area contributed by atoms with Gasteiger partial charge in [-0.25, -0.2) is 0 Å². The third-order valence-corrected chi connectivity index (χ3v) is 10.2. The Hall–Kier alpha value is -0.0905. The molecule has 165 valence electrons. The minimum Gasteiger partial charge on any atom is -0.481 e. The minimum absolute atomic E-state index is 0. The summed E-state index contributed by atoms with van der Waals surface area (Å²) in [6.45, 7) is 7.16. The fourth-order valence-corrected chi connectivity index (χ4v) is 8.73. The molecule has 1 unspecified atom stereocenters. The first-order chi connectivity index (χ1) is 13.2. The van der Waals surface area contributed by atoms with Crippen LogP contribution in [-0.2, 0) is 21.9 Å². The van der Waals surface area contributed by atoms with E-state index in [1.54, 1.807) is 0 Å². The van der Waals surface area contributed by atoms with E-state index >= 15 is 0 Å². The zero-order valence-electron chi connectivity index (χ0n) is 18.3. The van der Waals surface area contributed by atoms with Gasteiger partial charge in [-0.1, -0.05) is 20.8 Å². The quantitative estimate of drug-likeness (QED) is 0.556. The molecule has 4 fully saturated rings. The van der Waals surface area contributed by atoms with Crippen LogP contribution < -0.4 is 0 Å². The first-order valence-corrected chi connectivity index (χ1v) is 11.7. The molecule has 3 N–H and O–H groups in total. The molecular formula is C24H40MnO4+2. The number of hydrogen-bond donors (Lipinski definition) is 3. The van der Waals surface area contributed by atoms with E-state index in [4.69, 9.17) is 5.11 Å². The van der Waals surface area contributed by atoms with Crippen LogP contribution in [0.3, 0.4) is 0 Å². The summed E-state index contributed by atoms with van der Waals surface area (Å²) < 4.78 is 0. The van der Waals surface area contributed by atoms with E-state index in [0.29, 0.717) is 35.5 Å². The summed E-state index contributed by atoms with van der Waals surface area (Å²) in [4.78, 5) is 11.1. The maximum Gasteiger partial charge on any atom is 2.00 e. The zero-order valence-corrected chi connectivity index (χ0v) is 19.5. The molecular weight excluding hydrogens is 407 g/mol. The smallest absolute Gasteiger partial charge is 0.481 e. The molecule has 5 heteroatoms. The second-order valence-corrected chi connectivity index (χ2v) is 11.4. The van der Waals surface area contributed by atoms with Gasteiger partial charge in [-0.3, -0.25) is 4.79 Å². The largest absolute Gasteiger partial charge is 2.00 e. The number of rotatable bonds is 4. The predicted molar refractivity (Wildman–Crippen MR) is 109 cm³/mol. The Kier molecular flexibility index (Phi) is 6.87. The van der Waals surface area contributed by atoms with Crippen LogP contribution in [0.25, 0.3) is 0 Å². The van der Waals surface area contributed by atoms with Crippen molar-refractivity contribution in [2.45, 2.75) is 97.2 Å². The van der Waals surface area contributed by atoms with Gasteiger partial charge in [0.1, 0.15) is 0 Å². The predicted octanol–water partition coefficient (Wildman–Crippen LogP) is 4.48. The number of hydrogen-bond acceptors (Lipinski definition) is 3. The Morgan fingerprint density at radius 1 is 1.00 bits per heavy atom. The van der Waals surface area contributed by atoms with Crippen LogP contribution in [0.4, 0.5) is 0 Å². The van der Waals surface area contributed by atoms with Crippen LogP contribution in [0.15, 0.2) is 0 Å². The van der Waals surface area contributed by atoms with Gasteiger partial charge < -0.3 is 15.3 Å². The van der Waals surface area contributed by atoms with Crippen LogP contribution >= 0.6 is 0 Å². The summed E-state index contributed by atoms with van der Waals surface area (Å²) in [7, 11) is 0. The summed E-state index contributed by atoms with van der Waals surface area (Å²) >= 11 is 0. The number of carbonyl (C=O) groups is 1. The van der Waals surface area contributed by atoms with Crippen molar-refractivity contribution in [3.05, 3.63) is 0 Å². The molecule has 0 saturated heterocycles. The molecule has 0 aromatic rings.